The van der Waals surface area contributed by atoms with Crippen LogP contribution >= 0.6 is 24.0 Å². The van der Waals surface area contributed by atoms with Crippen LogP contribution < -0.4 is 16.2 Å². The van der Waals surface area contributed by atoms with E-state index in [9.17, 15) is 8.42 Å². The second kappa shape index (κ2) is 8.31. The van der Waals surface area contributed by atoms with Crippen molar-refractivity contribution in [3.63, 3.8) is 0 Å². The van der Waals surface area contributed by atoms with Crippen molar-refractivity contribution in [2.24, 2.45) is 11.7 Å². The van der Waals surface area contributed by atoms with Gasteiger partial charge in [0.1, 0.15) is 10.7 Å². The first-order chi connectivity index (χ1) is 9.94. The minimum atomic E-state index is -3.78. The number of nitrogen functional groups attached to an aromatic ring is 1. The standard InChI is InChI=1S/C13H21ClN4O2S.ClH/c14-10-6-12(13(16)17-8-10)21(19,20)18-11(7-15)9-4-2-1-3-5-9;/h6,8-9,11,18H,1-5,7,15H2,(H2,16,17);1H. The van der Waals surface area contributed by atoms with Crippen molar-refractivity contribution >= 4 is 39.8 Å². The molecule has 0 radical (unpaired) electrons. The van der Waals surface area contributed by atoms with Crippen molar-refractivity contribution in [1.82, 2.24) is 9.71 Å². The van der Waals surface area contributed by atoms with Crippen molar-refractivity contribution in [3.05, 3.63) is 17.3 Å². The molecule has 1 aromatic rings. The first-order valence-corrected chi connectivity index (χ1v) is 8.93. The summed E-state index contributed by atoms with van der Waals surface area (Å²) in [5.74, 6) is 0.207. The molecule has 5 N–H and O–H groups in total. The van der Waals surface area contributed by atoms with Gasteiger partial charge >= 0.3 is 0 Å². The van der Waals surface area contributed by atoms with Crippen LogP contribution in [0.1, 0.15) is 32.1 Å². The van der Waals surface area contributed by atoms with E-state index in [0.717, 1.165) is 25.7 Å². The Morgan fingerprint density at radius 2 is 2.00 bits per heavy atom. The molecular formula is C13H22Cl2N4O2S. The summed E-state index contributed by atoms with van der Waals surface area (Å²) in [5.41, 5.74) is 11.4. The maximum absolute atomic E-state index is 12.5. The Labute approximate surface area is 142 Å². The third kappa shape index (κ3) is 4.70. The van der Waals surface area contributed by atoms with Crippen molar-refractivity contribution in [2.75, 3.05) is 12.3 Å². The lowest BCUT2D eigenvalue weighted by molar-refractivity contribution is 0.294. The number of nitrogens with two attached hydrogens (primary N) is 2. The highest BCUT2D eigenvalue weighted by Gasteiger charge is 2.28. The molecule has 1 atom stereocenters. The van der Waals surface area contributed by atoms with Crippen LogP contribution in [0.4, 0.5) is 5.82 Å². The Kier molecular flexibility index (Phi) is 7.34. The number of anilines is 1. The van der Waals surface area contributed by atoms with E-state index in [1.807, 2.05) is 0 Å². The molecule has 0 aliphatic heterocycles. The smallest absolute Gasteiger partial charge is 0.244 e. The molecule has 9 heteroatoms. The second-order valence-electron chi connectivity index (χ2n) is 5.40. The van der Waals surface area contributed by atoms with Gasteiger partial charge in [-0.3, -0.25) is 0 Å². The average Bonchev–Trinajstić information content (AvgIpc) is 2.48. The lowest BCUT2D eigenvalue weighted by atomic mass is 9.84. The Morgan fingerprint density at radius 3 is 2.59 bits per heavy atom. The van der Waals surface area contributed by atoms with E-state index in [0.29, 0.717) is 0 Å². The van der Waals surface area contributed by atoms with Crippen LogP contribution in [0.5, 0.6) is 0 Å². The number of hydrogen-bond donors (Lipinski definition) is 3. The summed E-state index contributed by atoms with van der Waals surface area (Å²) in [6, 6.07) is 1.02. The van der Waals surface area contributed by atoms with Crippen LogP contribution in [0.2, 0.25) is 5.02 Å². The number of sulfonamides is 1. The molecule has 0 saturated heterocycles. The van der Waals surface area contributed by atoms with Crippen LogP contribution in [0, 0.1) is 5.92 Å². The third-order valence-electron chi connectivity index (χ3n) is 3.92. The van der Waals surface area contributed by atoms with Gasteiger partial charge in [0.15, 0.2) is 0 Å². The van der Waals surface area contributed by atoms with Gasteiger partial charge in [0, 0.05) is 18.8 Å². The molecule has 1 aliphatic carbocycles. The Bertz CT molecular complexity index is 592. The molecule has 6 nitrogen and oxygen atoms in total. The number of pyridine rings is 1. The summed E-state index contributed by atoms with van der Waals surface area (Å²) < 4.78 is 27.6. The molecule has 1 fully saturated rings. The molecule has 2 rings (SSSR count). The Hall–Kier alpha value is -0.600. The van der Waals surface area contributed by atoms with Gasteiger partial charge < -0.3 is 11.5 Å². The predicted octanol–water partition coefficient (Wildman–Crippen LogP) is 1.92. The van der Waals surface area contributed by atoms with E-state index in [4.69, 9.17) is 23.1 Å². The summed E-state index contributed by atoms with van der Waals surface area (Å²) in [7, 11) is -3.78. The van der Waals surface area contributed by atoms with E-state index < -0.39 is 10.0 Å². The van der Waals surface area contributed by atoms with Gasteiger partial charge in [-0.2, -0.15) is 0 Å². The molecule has 0 spiro atoms. The number of nitrogens with one attached hydrogen (secondary N) is 1. The Morgan fingerprint density at radius 1 is 1.36 bits per heavy atom. The van der Waals surface area contributed by atoms with Crippen molar-refractivity contribution in [2.45, 2.75) is 43.0 Å². The third-order valence-corrected chi connectivity index (χ3v) is 5.64. The average molecular weight is 369 g/mol. The molecule has 1 heterocycles. The molecule has 1 aliphatic rings. The molecule has 1 aromatic heterocycles. The van der Waals surface area contributed by atoms with Crippen LogP contribution in [-0.4, -0.2) is 26.0 Å². The van der Waals surface area contributed by atoms with Crippen LogP contribution in [-0.2, 0) is 10.0 Å². The van der Waals surface area contributed by atoms with E-state index >= 15 is 0 Å². The minimum Gasteiger partial charge on any atom is -0.383 e. The van der Waals surface area contributed by atoms with E-state index in [2.05, 4.69) is 9.71 Å². The highest BCUT2D eigenvalue weighted by molar-refractivity contribution is 7.89. The van der Waals surface area contributed by atoms with E-state index in [1.54, 1.807) is 0 Å². The molecule has 0 bridgehead atoms. The zero-order valence-corrected chi connectivity index (χ0v) is 14.6. The first kappa shape index (κ1) is 19.4. The van der Waals surface area contributed by atoms with E-state index in [-0.39, 0.29) is 46.6 Å². The van der Waals surface area contributed by atoms with Gasteiger partial charge in [-0.05, 0) is 24.8 Å². The molecule has 0 amide bonds. The van der Waals surface area contributed by atoms with Crippen molar-refractivity contribution in [1.29, 1.82) is 0 Å². The largest absolute Gasteiger partial charge is 0.383 e. The number of hydrogen-bond acceptors (Lipinski definition) is 5. The first-order valence-electron chi connectivity index (χ1n) is 7.07. The predicted molar refractivity (Wildman–Crippen MR) is 90.6 cm³/mol. The van der Waals surface area contributed by atoms with E-state index in [1.165, 1.54) is 18.7 Å². The lowest BCUT2D eigenvalue weighted by Gasteiger charge is -2.29. The number of aromatic nitrogens is 1. The minimum absolute atomic E-state index is 0. The maximum atomic E-state index is 12.5. The highest BCUT2D eigenvalue weighted by atomic mass is 35.5. The van der Waals surface area contributed by atoms with Gasteiger partial charge in [0.05, 0.1) is 5.02 Å². The summed E-state index contributed by atoms with van der Waals surface area (Å²) in [4.78, 5) is 3.69. The van der Waals surface area contributed by atoms with Crippen LogP contribution in [0.25, 0.3) is 0 Å². The summed E-state index contributed by atoms with van der Waals surface area (Å²) in [6.45, 7) is 0.262. The fourth-order valence-electron chi connectivity index (χ4n) is 2.78. The van der Waals surface area contributed by atoms with Gasteiger partial charge in [-0.15, -0.1) is 12.4 Å². The topological polar surface area (TPSA) is 111 Å². The van der Waals surface area contributed by atoms with Gasteiger partial charge in [-0.25, -0.2) is 18.1 Å². The quantitative estimate of drug-likeness (QED) is 0.734. The maximum Gasteiger partial charge on any atom is 0.244 e. The normalized spacial score (nSPS) is 17.7. The fraction of sp³-hybridized carbons (Fsp3) is 0.615. The summed E-state index contributed by atoms with van der Waals surface area (Å²) in [5, 5.41) is 0.228. The molecular weight excluding hydrogens is 347 g/mol. The van der Waals surface area contributed by atoms with Gasteiger partial charge in [0.25, 0.3) is 0 Å². The molecule has 126 valence electrons. The summed E-state index contributed by atoms with van der Waals surface area (Å²) in [6.07, 6.45) is 6.73. The highest BCUT2D eigenvalue weighted by Crippen LogP contribution is 2.28. The molecule has 1 unspecified atom stereocenters. The van der Waals surface area contributed by atoms with Crippen molar-refractivity contribution < 1.29 is 8.42 Å². The zero-order chi connectivity index (χ0) is 15.5. The SMILES string of the molecule is Cl.NCC(NS(=O)(=O)c1cc(Cl)cnc1N)C1CCCCC1. The summed E-state index contributed by atoms with van der Waals surface area (Å²) >= 11 is 5.81. The monoisotopic (exact) mass is 368 g/mol. The number of nitrogens with zero attached hydrogens (tertiary/aromatic N) is 1. The second-order valence-corrected chi connectivity index (χ2v) is 7.52. The van der Waals surface area contributed by atoms with Gasteiger partial charge in [0.2, 0.25) is 10.0 Å². The fourth-order valence-corrected chi connectivity index (χ4v) is 4.43. The lowest BCUT2D eigenvalue weighted by Crippen LogP contribution is -2.45. The number of halogens is 2. The van der Waals surface area contributed by atoms with Gasteiger partial charge in [-0.1, -0.05) is 30.9 Å². The molecule has 0 aromatic carbocycles. The molecule has 1 saturated carbocycles. The van der Waals surface area contributed by atoms with Crippen molar-refractivity contribution in [3.8, 4) is 0 Å². The number of rotatable bonds is 5. The van der Waals surface area contributed by atoms with Crippen LogP contribution in [0.15, 0.2) is 17.2 Å². The zero-order valence-electron chi connectivity index (χ0n) is 12.2. The Balaban J connectivity index is 0.00000242. The molecule has 22 heavy (non-hydrogen) atoms. The van der Waals surface area contributed by atoms with Crippen LogP contribution in [0.3, 0.4) is 0 Å².